The molecular formula is C19H20N2O2. The van der Waals surface area contributed by atoms with E-state index in [0.29, 0.717) is 12.3 Å². The largest absolute Gasteiger partial charge is 0.459 e. The molecule has 0 bridgehead atoms. The van der Waals surface area contributed by atoms with Gasteiger partial charge in [0.2, 0.25) is 0 Å². The molecule has 0 aliphatic rings. The molecule has 118 valence electrons. The van der Waals surface area contributed by atoms with Crippen molar-refractivity contribution in [2.75, 3.05) is 6.54 Å². The number of aryl methyl sites for hydroxylation is 1. The Morgan fingerprint density at radius 3 is 2.61 bits per heavy atom. The van der Waals surface area contributed by atoms with Crippen molar-refractivity contribution in [1.82, 2.24) is 9.88 Å². The minimum absolute atomic E-state index is 0.174. The molecule has 4 nitrogen and oxygen atoms in total. The van der Waals surface area contributed by atoms with E-state index >= 15 is 0 Å². The molecule has 23 heavy (non-hydrogen) atoms. The number of rotatable bonds is 5. The predicted molar refractivity (Wildman–Crippen MR) is 90.0 cm³/mol. The summed E-state index contributed by atoms with van der Waals surface area (Å²) in [6.45, 7) is 4.80. The molecular weight excluding hydrogens is 288 g/mol. The topological polar surface area (TPSA) is 47.2 Å². The second-order valence-electron chi connectivity index (χ2n) is 5.55. The Hall–Kier alpha value is -2.75. The van der Waals surface area contributed by atoms with Gasteiger partial charge in [-0.05, 0) is 56.2 Å². The van der Waals surface area contributed by atoms with Crippen LogP contribution in [-0.2, 0) is 6.42 Å². The Labute approximate surface area is 135 Å². The molecule has 0 unspecified atom stereocenters. The van der Waals surface area contributed by atoms with Crippen LogP contribution in [0.3, 0.4) is 0 Å². The molecule has 4 heteroatoms. The zero-order valence-electron chi connectivity index (χ0n) is 13.4. The van der Waals surface area contributed by atoms with Gasteiger partial charge in [0.1, 0.15) is 0 Å². The smallest absolute Gasteiger partial charge is 0.286 e. The maximum absolute atomic E-state index is 11.9. The first-order valence-corrected chi connectivity index (χ1v) is 7.72. The van der Waals surface area contributed by atoms with Crippen LogP contribution in [0.5, 0.6) is 0 Å². The highest BCUT2D eigenvalue weighted by Gasteiger charge is 2.12. The first-order valence-electron chi connectivity index (χ1n) is 7.72. The van der Waals surface area contributed by atoms with Crippen LogP contribution in [0, 0.1) is 13.8 Å². The highest BCUT2D eigenvalue weighted by molar-refractivity contribution is 5.91. The van der Waals surface area contributed by atoms with Crippen molar-refractivity contribution in [3.05, 3.63) is 77.5 Å². The molecule has 2 heterocycles. The number of hydrogen-bond donors (Lipinski definition) is 1. The Morgan fingerprint density at radius 1 is 1.13 bits per heavy atom. The third-order valence-corrected chi connectivity index (χ3v) is 3.98. The van der Waals surface area contributed by atoms with E-state index in [-0.39, 0.29) is 5.91 Å². The summed E-state index contributed by atoms with van der Waals surface area (Å²) < 4.78 is 7.33. The summed E-state index contributed by atoms with van der Waals surface area (Å²) in [4.78, 5) is 11.9. The van der Waals surface area contributed by atoms with Gasteiger partial charge in [0.15, 0.2) is 5.76 Å². The lowest BCUT2D eigenvalue weighted by atomic mass is 10.2. The molecule has 0 atom stereocenters. The van der Waals surface area contributed by atoms with Gasteiger partial charge in [0, 0.05) is 23.6 Å². The molecule has 0 radical (unpaired) electrons. The lowest BCUT2D eigenvalue weighted by Gasteiger charge is -2.10. The van der Waals surface area contributed by atoms with Crippen molar-refractivity contribution in [3.63, 3.8) is 0 Å². The number of benzene rings is 1. The Bertz CT molecular complexity index is 786. The normalized spacial score (nSPS) is 10.7. The van der Waals surface area contributed by atoms with Crippen LogP contribution in [0.1, 0.15) is 27.5 Å². The van der Waals surface area contributed by atoms with Gasteiger partial charge in [-0.15, -0.1) is 0 Å². The number of amides is 1. The molecule has 3 rings (SSSR count). The molecule has 0 spiro atoms. The average molecular weight is 308 g/mol. The van der Waals surface area contributed by atoms with E-state index in [1.807, 2.05) is 18.2 Å². The summed E-state index contributed by atoms with van der Waals surface area (Å²) in [7, 11) is 0. The zero-order chi connectivity index (χ0) is 16.2. The Kier molecular flexibility index (Phi) is 4.33. The summed E-state index contributed by atoms with van der Waals surface area (Å²) in [5, 5.41) is 2.89. The molecule has 0 aliphatic carbocycles. The number of furan rings is 1. The van der Waals surface area contributed by atoms with E-state index < -0.39 is 0 Å². The second-order valence-corrected chi connectivity index (χ2v) is 5.55. The SMILES string of the molecule is Cc1cc(CCNC(=O)c2ccco2)c(C)n1-c1ccccc1. The molecule has 1 amide bonds. The van der Waals surface area contributed by atoms with E-state index in [2.05, 4.69) is 41.9 Å². The van der Waals surface area contributed by atoms with Crippen LogP contribution < -0.4 is 5.32 Å². The maximum atomic E-state index is 11.9. The number of carbonyl (C=O) groups is 1. The first-order chi connectivity index (χ1) is 11.2. The van der Waals surface area contributed by atoms with Gasteiger partial charge in [-0.25, -0.2) is 0 Å². The lowest BCUT2D eigenvalue weighted by Crippen LogP contribution is -2.25. The zero-order valence-corrected chi connectivity index (χ0v) is 13.4. The van der Waals surface area contributed by atoms with E-state index in [9.17, 15) is 4.79 Å². The van der Waals surface area contributed by atoms with Gasteiger partial charge in [-0.1, -0.05) is 18.2 Å². The maximum Gasteiger partial charge on any atom is 0.286 e. The van der Waals surface area contributed by atoms with E-state index in [1.54, 1.807) is 12.1 Å². The lowest BCUT2D eigenvalue weighted by molar-refractivity contribution is 0.0926. The third-order valence-electron chi connectivity index (χ3n) is 3.98. The molecule has 1 aromatic carbocycles. The van der Waals surface area contributed by atoms with Crippen LogP contribution in [0.4, 0.5) is 0 Å². The van der Waals surface area contributed by atoms with Crippen LogP contribution in [0.15, 0.2) is 59.2 Å². The van der Waals surface area contributed by atoms with Crippen LogP contribution in [-0.4, -0.2) is 17.0 Å². The number of aromatic nitrogens is 1. The summed E-state index contributed by atoms with van der Waals surface area (Å²) in [6.07, 6.45) is 2.29. The van der Waals surface area contributed by atoms with E-state index in [1.165, 1.54) is 23.2 Å². The molecule has 0 aliphatic heterocycles. The second kappa shape index (κ2) is 6.57. The van der Waals surface area contributed by atoms with Crippen molar-refractivity contribution >= 4 is 5.91 Å². The number of carbonyl (C=O) groups excluding carboxylic acids is 1. The summed E-state index contributed by atoms with van der Waals surface area (Å²) in [5.41, 5.74) is 4.81. The molecule has 0 saturated carbocycles. The number of para-hydroxylation sites is 1. The third kappa shape index (κ3) is 3.21. The van der Waals surface area contributed by atoms with Crippen molar-refractivity contribution < 1.29 is 9.21 Å². The van der Waals surface area contributed by atoms with Crippen LogP contribution >= 0.6 is 0 Å². The van der Waals surface area contributed by atoms with Crippen molar-refractivity contribution in [3.8, 4) is 5.69 Å². The highest BCUT2D eigenvalue weighted by Crippen LogP contribution is 2.20. The summed E-state index contributed by atoms with van der Waals surface area (Å²) >= 11 is 0. The molecule has 3 aromatic rings. The number of nitrogens with zero attached hydrogens (tertiary/aromatic N) is 1. The minimum atomic E-state index is -0.174. The van der Waals surface area contributed by atoms with Gasteiger partial charge in [-0.2, -0.15) is 0 Å². The van der Waals surface area contributed by atoms with Gasteiger partial charge in [0.25, 0.3) is 5.91 Å². The fourth-order valence-electron chi connectivity index (χ4n) is 2.86. The van der Waals surface area contributed by atoms with Gasteiger partial charge < -0.3 is 14.3 Å². The van der Waals surface area contributed by atoms with Crippen LogP contribution in [0.2, 0.25) is 0 Å². The molecule has 2 aromatic heterocycles. The molecule has 0 saturated heterocycles. The van der Waals surface area contributed by atoms with E-state index in [4.69, 9.17) is 4.42 Å². The molecule has 0 fully saturated rings. The fraction of sp³-hybridized carbons (Fsp3) is 0.211. The van der Waals surface area contributed by atoms with Gasteiger partial charge in [0.05, 0.1) is 6.26 Å². The Balaban J connectivity index is 1.69. The van der Waals surface area contributed by atoms with Gasteiger partial charge >= 0.3 is 0 Å². The summed E-state index contributed by atoms with van der Waals surface area (Å²) in [5.74, 6) is 0.173. The monoisotopic (exact) mass is 308 g/mol. The van der Waals surface area contributed by atoms with E-state index in [0.717, 1.165) is 12.1 Å². The van der Waals surface area contributed by atoms with Gasteiger partial charge in [-0.3, -0.25) is 4.79 Å². The quantitative estimate of drug-likeness (QED) is 0.782. The first kappa shape index (κ1) is 15.2. The van der Waals surface area contributed by atoms with Crippen molar-refractivity contribution in [2.45, 2.75) is 20.3 Å². The fourth-order valence-corrected chi connectivity index (χ4v) is 2.86. The average Bonchev–Trinajstić information content (AvgIpc) is 3.17. The van der Waals surface area contributed by atoms with Crippen molar-refractivity contribution in [2.24, 2.45) is 0 Å². The predicted octanol–water partition coefficient (Wildman–Crippen LogP) is 3.66. The molecule has 1 N–H and O–H groups in total. The number of hydrogen-bond acceptors (Lipinski definition) is 2. The van der Waals surface area contributed by atoms with Crippen molar-refractivity contribution in [1.29, 1.82) is 0 Å². The Morgan fingerprint density at radius 2 is 1.91 bits per heavy atom. The standard InChI is InChI=1S/C19H20N2O2/c1-14-13-16(10-11-20-19(22)18-9-6-12-23-18)15(2)21(14)17-7-4-3-5-8-17/h3-9,12-13H,10-11H2,1-2H3,(H,20,22). The minimum Gasteiger partial charge on any atom is -0.459 e. The number of nitrogens with one attached hydrogen (secondary N) is 1. The highest BCUT2D eigenvalue weighted by atomic mass is 16.3. The summed E-state index contributed by atoms with van der Waals surface area (Å²) in [6, 6.07) is 15.9. The van der Waals surface area contributed by atoms with Crippen LogP contribution in [0.25, 0.3) is 5.69 Å².